The topological polar surface area (TPSA) is 73.2 Å². The zero-order valence-corrected chi connectivity index (χ0v) is 17.1. The smallest absolute Gasteiger partial charge is 0.268 e. The van der Waals surface area contributed by atoms with Crippen LogP contribution in [0.1, 0.15) is 44.7 Å². The van der Waals surface area contributed by atoms with Crippen LogP contribution in [0.5, 0.6) is 0 Å². The summed E-state index contributed by atoms with van der Waals surface area (Å²) in [5, 5.41) is 4.12. The van der Waals surface area contributed by atoms with E-state index in [9.17, 15) is 9.59 Å². The summed E-state index contributed by atoms with van der Waals surface area (Å²) in [6, 6.07) is 0.303. The van der Waals surface area contributed by atoms with Gasteiger partial charge in [0.15, 0.2) is 5.16 Å². The highest BCUT2D eigenvalue weighted by Crippen LogP contribution is 2.34. The molecule has 0 aromatic carbocycles. The Morgan fingerprint density at radius 3 is 2.88 bits per heavy atom. The van der Waals surface area contributed by atoms with Gasteiger partial charge in [-0.3, -0.25) is 14.2 Å². The van der Waals surface area contributed by atoms with Gasteiger partial charge >= 0.3 is 0 Å². The number of hydrogen-bond acceptors (Lipinski definition) is 6. The number of carbonyl (C=O) groups excluding carboxylic acids is 1. The first kappa shape index (κ1) is 19.8. The van der Waals surface area contributed by atoms with Gasteiger partial charge in [0.25, 0.3) is 5.56 Å². The monoisotopic (exact) mass is 397 g/mol. The highest BCUT2D eigenvalue weighted by Gasteiger charge is 2.26. The number of hydrogen-bond donors (Lipinski definition) is 1. The third-order valence-corrected chi connectivity index (χ3v) is 6.98. The molecule has 1 amide bonds. The Kier molecular flexibility index (Phi) is 7.05. The van der Waals surface area contributed by atoms with E-state index >= 15 is 0 Å². The predicted octanol–water partition coefficient (Wildman–Crippen LogP) is 2.47. The molecular formula is C18H27N3O3S2. The van der Waals surface area contributed by atoms with Crippen molar-refractivity contribution in [3.05, 3.63) is 16.0 Å². The van der Waals surface area contributed by atoms with Crippen LogP contribution in [0, 0.1) is 0 Å². The Bertz CT molecular complexity index is 702. The Morgan fingerprint density at radius 1 is 1.38 bits per heavy atom. The number of thioether (sulfide) groups is 2. The van der Waals surface area contributed by atoms with Crippen molar-refractivity contribution < 1.29 is 9.53 Å². The largest absolute Gasteiger partial charge is 0.383 e. The maximum atomic E-state index is 12.8. The molecule has 3 rings (SSSR count). The molecule has 1 fully saturated rings. The van der Waals surface area contributed by atoms with Crippen LogP contribution in [0.25, 0.3) is 0 Å². The number of methoxy groups -OCH3 is 1. The molecule has 6 nitrogen and oxygen atoms in total. The van der Waals surface area contributed by atoms with Crippen molar-refractivity contribution >= 4 is 29.4 Å². The summed E-state index contributed by atoms with van der Waals surface area (Å²) in [6.45, 7) is 3.01. The molecule has 1 aliphatic heterocycles. The second kappa shape index (κ2) is 9.28. The van der Waals surface area contributed by atoms with Crippen molar-refractivity contribution in [2.45, 2.75) is 73.3 Å². The lowest BCUT2D eigenvalue weighted by Gasteiger charge is -2.22. The third kappa shape index (κ3) is 4.84. The maximum Gasteiger partial charge on any atom is 0.268 e. The number of amides is 1. The molecule has 0 spiro atoms. The maximum absolute atomic E-state index is 12.8. The van der Waals surface area contributed by atoms with Crippen LogP contribution < -0.4 is 10.9 Å². The molecule has 1 aromatic rings. The summed E-state index contributed by atoms with van der Waals surface area (Å²) < 4.78 is 6.80. The summed E-state index contributed by atoms with van der Waals surface area (Å²) in [5.41, 5.74) is 0.868. The van der Waals surface area contributed by atoms with Crippen LogP contribution in [0.4, 0.5) is 0 Å². The summed E-state index contributed by atoms with van der Waals surface area (Å²) >= 11 is 2.95. The Hall–Kier alpha value is -0.990. The van der Waals surface area contributed by atoms with Gasteiger partial charge in [0.2, 0.25) is 5.91 Å². The standard InChI is InChI=1S/C18H27N3O3S2/c1-12-10-14-16(26-12)17(23)21(8-9-24-2)18(20-14)25-11-15(22)19-13-6-4-3-5-7-13/h12-13H,3-11H2,1-2H3,(H,19,22). The number of rotatable bonds is 7. The molecule has 0 radical (unpaired) electrons. The molecule has 26 heavy (non-hydrogen) atoms. The predicted molar refractivity (Wildman–Crippen MR) is 105 cm³/mol. The van der Waals surface area contributed by atoms with Crippen LogP contribution in [0.2, 0.25) is 0 Å². The fraction of sp³-hybridized carbons (Fsp3) is 0.722. The van der Waals surface area contributed by atoms with Gasteiger partial charge in [0.05, 0.1) is 29.5 Å². The van der Waals surface area contributed by atoms with E-state index in [0.29, 0.717) is 29.6 Å². The minimum Gasteiger partial charge on any atom is -0.383 e. The van der Waals surface area contributed by atoms with Crippen molar-refractivity contribution in [3.8, 4) is 0 Å². The molecule has 0 saturated heterocycles. The van der Waals surface area contributed by atoms with Crippen LogP contribution in [0.15, 0.2) is 14.8 Å². The van der Waals surface area contributed by atoms with Crippen molar-refractivity contribution in [1.29, 1.82) is 0 Å². The number of nitrogens with zero attached hydrogens (tertiary/aromatic N) is 2. The molecule has 144 valence electrons. The summed E-state index contributed by atoms with van der Waals surface area (Å²) in [6.07, 6.45) is 6.60. The number of aromatic nitrogens is 2. The number of nitrogens with one attached hydrogen (secondary N) is 1. The summed E-state index contributed by atoms with van der Waals surface area (Å²) in [7, 11) is 1.62. The Balaban J connectivity index is 1.69. The number of ether oxygens (including phenoxy) is 1. The van der Waals surface area contributed by atoms with Crippen molar-refractivity contribution in [2.75, 3.05) is 19.5 Å². The third-order valence-electron chi connectivity index (χ3n) is 4.78. The van der Waals surface area contributed by atoms with E-state index in [0.717, 1.165) is 29.9 Å². The molecule has 1 N–H and O–H groups in total. The first-order valence-corrected chi connectivity index (χ1v) is 11.2. The van der Waals surface area contributed by atoms with Crippen LogP contribution in [0.3, 0.4) is 0 Å². The van der Waals surface area contributed by atoms with E-state index in [4.69, 9.17) is 9.72 Å². The lowest BCUT2D eigenvalue weighted by Crippen LogP contribution is -2.37. The van der Waals surface area contributed by atoms with Gasteiger partial charge in [0.1, 0.15) is 0 Å². The Labute approximate surface area is 162 Å². The van der Waals surface area contributed by atoms with Crippen LogP contribution in [-0.4, -0.2) is 46.2 Å². The van der Waals surface area contributed by atoms with Gasteiger partial charge in [-0.05, 0) is 12.8 Å². The molecule has 1 atom stereocenters. The summed E-state index contributed by atoms with van der Waals surface area (Å²) in [5.74, 6) is 0.315. The highest BCUT2D eigenvalue weighted by molar-refractivity contribution is 8.00. The SMILES string of the molecule is COCCn1c(SCC(=O)NC2CCCCC2)nc2c(c1=O)SC(C)C2. The first-order chi connectivity index (χ1) is 12.6. The zero-order valence-electron chi connectivity index (χ0n) is 15.5. The molecule has 0 bridgehead atoms. The lowest BCUT2D eigenvalue weighted by molar-refractivity contribution is -0.119. The van der Waals surface area contributed by atoms with E-state index in [2.05, 4.69) is 12.2 Å². The Morgan fingerprint density at radius 2 is 2.15 bits per heavy atom. The summed E-state index contributed by atoms with van der Waals surface area (Å²) in [4.78, 5) is 30.6. The van der Waals surface area contributed by atoms with Crippen molar-refractivity contribution in [2.24, 2.45) is 0 Å². The molecule has 2 aliphatic rings. The van der Waals surface area contributed by atoms with E-state index < -0.39 is 0 Å². The first-order valence-electron chi connectivity index (χ1n) is 9.30. The molecule has 1 saturated carbocycles. The molecule has 2 heterocycles. The van der Waals surface area contributed by atoms with Gasteiger partial charge in [-0.25, -0.2) is 4.98 Å². The van der Waals surface area contributed by atoms with Gasteiger partial charge in [0, 0.05) is 24.8 Å². The van der Waals surface area contributed by atoms with E-state index in [1.54, 1.807) is 23.4 Å². The number of fused-ring (bicyclic) bond motifs is 1. The zero-order chi connectivity index (χ0) is 18.5. The molecule has 1 aromatic heterocycles. The van der Waals surface area contributed by atoms with Crippen molar-refractivity contribution in [3.63, 3.8) is 0 Å². The van der Waals surface area contributed by atoms with Gasteiger partial charge in [-0.15, -0.1) is 11.8 Å². The van der Waals surface area contributed by atoms with Crippen LogP contribution >= 0.6 is 23.5 Å². The average Bonchev–Trinajstić information content (AvgIpc) is 3.01. The van der Waals surface area contributed by atoms with E-state index in [1.165, 1.54) is 31.0 Å². The van der Waals surface area contributed by atoms with Gasteiger partial charge < -0.3 is 10.1 Å². The number of carbonyl (C=O) groups is 1. The fourth-order valence-corrected chi connectivity index (χ4v) is 5.44. The second-order valence-electron chi connectivity index (χ2n) is 6.94. The van der Waals surface area contributed by atoms with E-state index in [-0.39, 0.29) is 17.2 Å². The minimum absolute atomic E-state index is 0.00316. The quantitative estimate of drug-likeness (QED) is 0.563. The van der Waals surface area contributed by atoms with Gasteiger partial charge in [-0.2, -0.15) is 0 Å². The lowest BCUT2D eigenvalue weighted by atomic mass is 9.95. The van der Waals surface area contributed by atoms with Gasteiger partial charge in [-0.1, -0.05) is 37.9 Å². The second-order valence-corrected chi connectivity index (χ2v) is 9.33. The molecule has 1 unspecified atom stereocenters. The molecule has 8 heteroatoms. The normalized spacial score (nSPS) is 20.2. The molecular weight excluding hydrogens is 370 g/mol. The van der Waals surface area contributed by atoms with Crippen LogP contribution in [-0.2, 0) is 22.5 Å². The van der Waals surface area contributed by atoms with Crippen molar-refractivity contribution in [1.82, 2.24) is 14.9 Å². The van der Waals surface area contributed by atoms with E-state index in [1.807, 2.05) is 0 Å². The average molecular weight is 398 g/mol. The minimum atomic E-state index is -0.00316. The fourth-order valence-electron chi connectivity index (χ4n) is 3.47. The molecule has 1 aliphatic carbocycles. The highest BCUT2D eigenvalue weighted by atomic mass is 32.2.